The quantitative estimate of drug-likeness (QED) is 0.563. The largest absolute Gasteiger partial charge is 0.336 e. The Hall–Kier alpha value is -2.19. The van der Waals surface area contributed by atoms with Crippen LogP contribution in [0.4, 0.5) is 0 Å². The Kier molecular flexibility index (Phi) is 5.96. The summed E-state index contributed by atoms with van der Waals surface area (Å²) in [5.74, 6) is -0.148. The second-order valence-corrected chi connectivity index (χ2v) is 10.3. The van der Waals surface area contributed by atoms with Crippen LogP contribution in [-0.2, 0) is 10.0 Å². The molecule has 1 aliphatic heterocycles. The molecule has 0 aliphatic carbocycles. The van der Waals surface area contributed by atoms with Crippen LogP contribution >= 0.6 is 23.2 Å². The van der Waals surface area contributed by atoms with E-state index in [2.05, 4.69) is 4.98 Å². The molecule has 0 N–H and O–H groups in total. The van der Waals surface area contributed by atoms with E-state index in [4.69, 9.17) is 23.2 Å². The Morgan fingerprint density at radius 2 is 1.71 bits per heavy atom. The van der Waals surface area contributed by atoms with Gasteiger partial charge >= 0.3 is 0 Å². The van der Waals surface area contributed by atoms with Crippen molar-refractivity contribution in [3.8, 4) is 0 Å². The van der Waals surface area contributed by atoms with Crippen LogP contribution in [0.3, 0.4) is 0 Å². The summed E-state index contributed by atoms with van der Waals surface area (Å²) >= 11 is 12.1. The molecule has 162 valence electrons. The summed E-state index contributed by atoms with van der Waals surface area (Å²) in [6.07, 6.45) is 0. The molecule has 0 saturated carbocycles. The number of pyridine rings is 1. The fourth-order valence-electron chi connectivity index (χ4n) is 3.71. The molecule has 9 heteroatoms. The lowest BCUT2D eigenvalue weighted by Crippen LogP contribution is -2.50. The van der Waals surface area contributed by atoms with Crippen LogP contribution in [-0.4, -0.2) is 54.7 Å². The van der Waals surface area contributed by atoms with E-state index in [9.17, 15) is 13.2 Å². The monoisotopic (exact) mass is 477 g/mol. The normalized spacial score (nSPS) is 15.4. The number of hydrogen-bond donors (Lipinski definition) is 0. The fourth-order valence-corrected chi connectivity index (χ4v) is 5.87. The first-order valence-electron chi connectivity index (χ1n) is 9.80. The Balaban J connectivity index is 1.53. The summed E-state index contributed by atoms with van der Waals surface area (Å²) in [4.78, 5) is 19.4. The van der Waals surface area contributed by atoms with Gasteiger partial charge in [0.1, 0.15) is 4.90 Å². The molecule has 4 rings (SSSR count). The summed E-state index contributed by atoms with van der Waals surface area (Å²) in [5.41, 5.74) is 3.15. The number of piperazine rings is 1. The van der Waals surface area contributed by atoms with Crippen LogP contribution in [0.2, 0.25) is 10.0 Å². The predicted molar refractivity (Wildman–Crippen MR) is 122 cm³/mol. The highest BCUT2D eigenvalue weighted by molar-refractivity contribution is 7.89. The molecule has 0 unspecified atom stereocenters. The molecule has 3 aromatic rings. The SMILES string of the molecule is Cc1ccc2cc(C(=O)N3CCN(S(=O)(=O)c4cccc(Cl)c4Cl)CC3)c(C)nc2c1. The smallest absolute Gasteiger partial charge is 0.255 e. The van der Waals surface area contributed by atoms with Crippen molar-refractivity contribution in [3.05, 3.63) is 69.3 Å². The zero-order chi connectivity index (χ0) is 22.3. The van der Waals surface area contributed by atoms with Crippen molar-refractivity contribution in [2.24, 2.45) is 0 Å². The number of amides is 1. The number of halogens is 2. The second-order valence-electron chi connectivity index (χ2n) is 7.57. The van der Waals surface area contributed by atoms with Crippen molar-refractivity contribution in [2.45, 2.75) is 18.7 Å². The zero-order valence-electron chi connectivity index (χ0n) is 17.1. The van der Waals surface area contributed by atoms with E-state index in [1.165, 1.54) is 10.4 Å². The van der Waals surface area contributed by atoms with E-state index in [0.717, 1.165) is 16.5 Å². The highest BCUT2D eigenvalue weighted by atomic mass is 35.5. The molecule has 1 amide bonds. The number of nitrogens with zero attached hydrogens (tertiary/aromatic N) is 3. The molecule has 2 aromatic carbocycles. The van der Waals surface area contributed by atoms with Crippen molar-refractivity contribution in [2.75, 3.05) is 26.2 Å². The van der Waals surface area contributed by atoms with Crippen LogP contribution in [0.5, 0.6) is 0 Å². The lowest BCUT2D eigenvalue weighted by molar-refractivity contribution is 0.0697. The highest BCUT2D eigenvalue weighted by Gasteiger charge is 2.32. The van der Waals surface area contributed by atoms with Crippen LogP contribution in [0.15, 0.2) is 47.4 Å². The van der Waals surface area contributed by atoms with Gasteiger partial charge in [-0.15, -0.1) is 0 Å². The van der Waals surface area contributed by atoms with Crippen molar-refractivity contribution >= 4 is 50.0 Å². The predicted octanol–water partition coefficient (Wildman–Crippen LogP) is 4.31. The minimum atomic E-state index is -3.80. The summed E-state index contributed by atoms with van der Waals surface area (Å²) in [6, 6.07) is 12.3. The average Bonchev–Trinajstić information content (AvgIpc) is 2.74. The zero-order valence-corrected chi connectivity index (χ0v) is 19.4. The molecule has 0 atom stereocenters. The number of sulfonamides is 1. The molecule has 0 radical (unpaired) electrons. The average molecular weight is 478 g/mol. The van der Waals surface area contributed by atoms with Gasteiger partial charge in [-0.1, -0.05) is 41.4 Å². The standard InChI is InChI=1S/C22H21Cl2N3O3S/c1-14-6-7-16-13-17(15(2)25-19(16)12-14)22(28)26-8-10-27(11-9-26)31(29,30)20-5-3-4-18(23)21(20)24/h3-7,12-13H,8-11H2,1-2H3. The molecule has 1 aromatic heterocycles. The van der Waals surface area contributed by atoms with E-state index in [1.54, 1.807) is 17.0 Å². The van der Waals surface area contributed by atoms with Crippen molar-refractivity contribution in [1.82, 2.24) is 14.2 Å². The van der Waals surface area contributed by atoms with Gasteiger partial charge < -0.3 is 4.90 Å². The summed E-state index contributed by atoms with van der Waals surface area (Å²) in [7, 11) is -3.80. The van der Waals surface area contributed by atoms with Crippen LogP contribution in [0.1, 0.15) is 21.6 Å². The number of fused-ring (bicyclic) bond motifs is 1. The first-order chi connectivity index (χ1) is 14.7. The lowest BCUT2D eigenvalue weighted by Gasteiger charge is -2.34. The Bertz CT molecular complexity index is 1290. The maximum absolute atomic E-state index is 13.1. The topological polar surface area (TPSA) is 70.6 Å². The third kappa shape index (κ3) is 4.15. The Labute approximate surface area is 191 Å². The summed E-state index contributed by atoms with van der Waals surface area (Å²) < 4.78 is 27.3. The van der Waals surface area contributed by atoms with Gasteiger partial charge in [-0.05, 0) is 43.7 Å². The van der Waals surface area contributed by atoms with Gasteiger partial charge in [0.15, 0.2) is 0 Å². The van der Waals surface area contributed by atoms with Crippen molar-refractivity contribution in [3.63, 3.8) is 0 Å². The van der Waals surface area contributed by atoms with E-state index < -0.39 is 10.0 Å². The Morgan fingerprint density at radius 1 is 1.00 bits per heavy atom. The number of carbonyl (C=O) groups is 1. The van der Waals surface area contributed by atoms with Crippen LogP contribution < -0.4 is 0 Å². The van der Waals surface area contributed by atoms with E-state index in [0.29, 0.717) is 11.3 Å². The Morgan fingerprint density at radius 3 is 2.42 bits per heavy atom. The molecule has 6 nitrogen and oxygen atoms in total. The first-order valence-corrected chi connectivity index (χ1v) is 12.0. The number of aromatic nitrogens is 1. The molecule has 0 spiro atoms. The molecule has 1 saturated heterocycles. The van der Waals surface area contributed by atoms with Crippen molar-refractivity contribution < 1.29 is 13.2 Å². The summed E-state index contributed by atoms with van der Waals surface area (Å²) in [5, 5.41) is 1.10. The molecule has 1 fully saturated rings. The van der Waals surface area contributed by atoms with Gasteiger partial charge in [-0.3, -0.25) is 9.78 Å². The van der Waals surface area contributed by atoms with E-state index in [-0.39, 0.29) is 47.0 Å². The highest BCUT2D eigenvalue weighted by Crippen LogP contribution is 2.31. The van der Waals surface area contributed by atoms with Crippen molar-refractivity contribution in [1.29, 1.82) is 0 Å². The van der Waals surface area contributed by atoms with Gasteiger partial charge in [0, 0.05) is 31.6 Å². The molecule has 0 bridgehead atoms. The number of carbonyl (C=O) groups excluding carboxylic acids is 1. The van der Waals surface area contributed by atoms with Gasteiger partial charge in [0.2, 0.25) is 10.0 Å². The minimum absolute atomic E-state index is 0.00997. The maximum atomic E-state index is 13.1. The van der Waals surface area contributed by atoms with E-state index in [1.807, 2.05) is 38.1 Å². The lowest BCUT2D eigenvalue weighted by atomic mass is 10.1. The molecular weight excluding hydrogens is 457 g/mol. The van der Waals surface area contributed by atoms with Gasteiger partial charge in [0.25, 0.3) is 5.91 Å². The van der Waals surface area contributed by atoms with Gasteiger partial charge in [0.05, 0.1) is 26.8 Å². The van der Waals surface area contributed by atoms with Crippen LogP contribution in [0.25, 0.3) is 10.9 Å². The number of benzene rings is 2. The number of hydrogen-bond acceptors (Lipinski definition) is 4. The number of aryl methyl sites for hydroxylation is 2. The summed E-state index contributed by atoms with van der Waals surface area (Å²) in [6.45, 7) is 4.73. The molecule has 2 heterocycles. The fraction of sp³-hybridized carbons (Fsp3) is 0.273. The first kappa shape index (κ1) is 22.0. The van der Waals surface area contributed by atoms with Crippen LogP contribution in [0, 0.1) is 13.8 Å². The third-order valence-corrected chi connectivity index (χ3v) is 8.33. The molecule has 31 heavy (non-hydrogen) atoms. The maximum Gasteiger partial charge on any atom is 0.255 e. The molecular formula is C22H21Cl2N3O3S. The van der Waals surface area contributed by atoms with Gasteiger partial charge in [-0.25, -0.2) is 8.42 Å². The van der Waals surface area contributed by atoms with E-state index >= 15 is 0 Å². The minimum Gasteiger partial charge on any atom is -0.336 e. The van der Waals surface area contributed by atoms with Gasteiger partial charge in [-0.2, -0.15) is 4.31 Å². The molecule has 1 aliphatic rings. The number of rotatable bonds is 3. The second kappa shape index (κ2) is 8.39. The third-order valence-electron chi connectivity index (χ3n) is 5.45.